The summed E-state index contributed by atoms with van der Waals surface area (Å²) in [5, 5.41) is 2.43. The van der Waals surface area contributed by atoms with Crippen LogP contribution in [0.25, 0.3) is 0 Å². The lowest BCUT2D eigenvalue weighted by Crippen LogP contribution is -2.58. The normalized spacial score (nSPS) is 26.8. The van der Waals surface area contributed by atoms with Gasteiger partial charge in [-0.2, -0.15) is 0 Å². The fourth-order valence-corrected chi connectivity index (χ4v) is 4.05. The highest BCUT2D eigenvalue weighted by atomic mass is 16.2. The highest BCUT2D eigenvalue weighted by Gasteiger charge is 2.41. The van der Waals surface area contributed by atoms with Crippen molar-refractivity contribution < 1.29 is 19.2 Å². The number of nitrogens with one attached hydrogen (secondary N) is 1. The van der Waals surface area contributed by atoms with Crippen LogP contribution >= 0.6 is 0 Å². The third kappa shape index (κ3) is 3.62. The van der Waals surface area contributed by atoms with E-state index in [2.05, 4.69) is 12.2 Å². The van der Waals surface area contributed by atoms with Gasteiger partial charge in [-0.3, -0.25) is 19.3 Å². The topological polar surface area (TPSA) is 90.0 Å². The molecule has 3 fully saturated rings. The maximum atomic E-state index is 12.5. The molecular weight excluding hydrogens is 324 g/mol. The maximum Gasteiger partial charge on any atom is 0.325 e. The van der Waals surface area contributed by atoms with Crippen LogP contribution in [0.2, 0.25) is 0 Å². The van der Waals surface area contributed by atoms with Gasteiger partial charge in [-0.25, -0.2) is 4.79 Å². The number of carbonyl (C=O) groups is 4. The summed E-state index contributed by atoms with van der Waals surface area (Å²) >= 11 is 0. The van der Waals surface area contributed by atoms with Crippen molar-refractivity contribution in [3.8, 4) is 0 Å². The Morgan fingerprint density at radius 2 is 2.00 bits per heavy atom. The molecule has 0 aromatic carbocycles. The minimum Gasteiger partial charge on any atom is -0.341 e. The van der Waals surface area contributed by atoms with Gasteiger partial charge in [-0.05, 0) is 25.2 Å². The smallest absolute Gasteiger partial charge is 0.325 e. The SMILES string of the molecule is CCCCN1C(=O)CC[C@H]2CN(C(=O)CN3C(=O)CNC3=O)CC[C@H]21. The van der Waals surface area contributed by atoms with E-state index in [-0.39, 0.29) is 42.8 Å². The summed E-state index contributed by atoms with van der Waals surface area (Å²) in [6.45, 7) is 3.85. The number of rotatable bonds is 5. The lowest BCUT2D eigenvalue weighted by atomic mass is 9.83. The molecule has 3 aliphatic rings. The molecule has 138 valence electrons. The predicted molar refractivity (Wildman–Crippen MR) is 89.4 cm³/mol. The fraction of sp³-hybridized carbons (Fsp3) is 0.765. The molecule has 3 rings (SSSR count). The summed E-state index contributed by atoms with van der Waals surface area (Å²) in [7, 11) is 0. The van der Waals surface area contributed by atoms with Crippen molar-refractivity contribution in [3.05, 3.63) is 0 Å². The van der Waals surface area contributed by atoms with Crippen LogP contribution in [0.4, 0.5) is 4.79 Å². The van der Waals surface area contributed by atoms with Gasteiger partial charge in [0.05, 0.1) is 6.54 Å². The number of amides is 5. The highest BCUT2D eigenvalue weighted by molar-refractivity contribution is 6.04. The Hall–Kier alpha value is -2.12. The fourth-order valence-electron chi connectivity index (χ4n) is 4.05. The van der Waals surface area contributed by atoms with Gasteiger partial charge in [0.25, 0.3) is 5.91 Å². The zero-order valence-electron chi connectivity index (χ0n) is 14.7. The zero-order chi connectivity index (χ0) is 18.0. The third-order valence-electron chi connectivity index (χ3n) is 5.48. The molecule has 0 radical (unpaired) electrons. The molecular formula is C17H26N4O4. The maximum absolute atomic E-state index is 12.5. The zero-order valence-corrected chi connectivity index (χ0v) is 14.7. The Labute approximate surface area is 147 Å². The van der Waals surface area contributed by atoms with E-state index in [4.69, 9.17) is 0 Å². The van der Waals surface area contributed by atoms with Gasteiger partial charge in [0.15, 0.2) is 0 Å². The number of hydrogen-bond acceptors (Lipinski definition) is 4. The number of carbonyl (C=O) groups excluding carboxylic acids is 4. The first-order chi connectivity index (χ1) is 12.0. The first kappa shape index (κ1) is 17.7. The molecule has 0 saturated carbocycles. The summed E-state index contributed by atoms with van der Waals surface area (Å²) in [5.74, 6) is -0.0349. The van der Waals surface area contributed by atoms with E-state index in [1.54, 1.807) is 4.90 Å². The first-order valence-corrected chi connectivity index (χ1v) is 9.16. The van der Waals surface area contributed by atoms with Crippen LogP contribution in [0, 0.1) is 5.92 Å². The lowest BCUT2D eigenvalue weighted by molar-refractivity contribution is -0.145. The van der Waals surface area contributed by atoms with Crippen molar-refractivity contribution in [2.75, 3.05) is 32.7 Å². The Kier molecular flexibility index (Phi) is 5.24. The molecule has 2 atom stereocenters. The van der Waals surface area contributed by atoms with Crippen molar-refractivity contribution in [2.45, 2.75) is 45.1 Å². The average Bonchev–Trinajstić information content (AvgIpc) is 2.92. The number of nitrogens with zero attached hydrogens (tertiary/aromatic N) is 3. The number of piperidine rings is 2. The first-order valence-electron chi connectivity index (χ1n) is 9.16. The standard InChI is InChI=1S/C17H26N4O4/c1-2-3-7-20-13-6-8-19(10-12(13)4-5-14(20)22)16(24)11-21-15(23)9-18-17(21)25/h12-13H,2-11H2,1H3,(H,18,25)/t12-,13+/m0/s1. The number of hydrogen-bond donors (Lipinski definition) is 1. The van der Waals surface area contributed by atoms with Crippen molar-refractivity contribution in [1.82, 2.24) is 20.0 Å². The van der Waals surface area contributed by atoms with Crippen molar-refractivity contribution in [3.63, 3.8) is 0 Å². The minimum absolute atomic E-state index is 0.0364. The number of urea groups is 1. The van der Waals surface area contributed by atoms with Crippen molar-refractivity contribution in [2.24, 2.45) is 5.92 Å². The molecule has 0 aromatic rings. The molecule has 0 spiro atoms. The van der Waals surface area contributed by atoms with E-state index in [0.717, 1.165) is 37.1 Å². The van der Waals surface area contributed by atoms with Gasteiger partial charge in [0.2, 0.25) is 11.8 Å². The van der Waals surface area contributed by atoms with Gasteiger partial charge in [0, 0.05) is 32.1 Å². The summed E-state index contributed by atoms with van der Waals surface area (Å²) in [6, 6.07) is -0.282. The number of unbranched alkanes of at least 4 members (excludes halogenated alkanes) is 1. The molecule has 0 aliphatic carbocycles. The highest BCUT2D eigenvalue weighted by Crippen LogP contribution is 2.31. The molecule has 8 nitrogen and oxygen atoms in total. The number of fused-ring (bicyclic) bond motifs is 1. The van der Waals surface area contributed by atoms with Crippen molar-refractivity contribution in [1.29, 1.82) is 0 Å². The van der Waals surface area contributed by atoms with Crippen LogP contribution in [0.1, 0.15) is 39.0 Å². The van der Waals surface area contributed by atoms with Crippen LogP contribution in [0.5, 0.6) is 0 Å². The van der Waals surface area contributed by atoms with Gasteiger partial charge >= 0.3 is 6.03 Å². The minimum atomic E-state index is -0.498. The molecule has 5 amide bonds. The second kappa shape index (κ2) is 7.41. The van der Waals surface area contributed by atoms with Crippen LogP contribution in [0.3, 0.4) is 0 Å². The Morgan fingerprint density at radius 1 is 1.20 bits per heavy atom. The third-order valence-corrected chi connectivity index (χ3v) is 5.48. The summed E-state index contributed by atoms with van der Waals surface area (Å²) in [4.78, 5) is 52.7. The molecule has 1 N–H and O–H groups in total. The second-order valence-corrected chi connectivity index (χ2v) is 7.07. The predicted octanol–water partition coefficient (Wildman–Crippen LogP) is 0.178. The molecule has 3 saturated heterocycles. The molecule has 3 heterocycles. The van der Waals surface area contributed by atoms with Gasteiger partial charge in [-0.1, -0.05) is 13.3 Å². The Morgan fingerprint density at radius 3 is 2.68 bits per heavy atom. The quantitative estimate of drug-likeness (QED) is 0.716. The van der Waals surface area contributed by atoms with E-state index in [9.17, 15) is 19.2 Å². The van der Waals surface area contributed by atoms with Crippen LogP contribution in [-0.4, -0.2) is 77.2 Å². The van der Waals surface area contributed by atoms with E-state index in [0.29, 0.717) is 19.5 Å². The molecule has 3 aliphatic heterocycles. The second-order valence-electron chi connectivity index (χ2n) is 7.07. The van der Waals surface area contributed by atoms with E-state index in [1.165, 1.54) is 0 Å². The molecule has 0 aromatic heterocycles. The number of likely N-dealkylation sites (tertiary alicyclic amines) is 2. The van der Waals surface area contributed by atoms with Gasteiger partial charge in [0.1, 0.15) is 6.54 Å². The molecule has 0 unspecified atom stereocenters. The number of imide groups is 1. The Balaban J connectivity index is 1.59. The van der Waals surface area contributed by atoms with Gasteiger partial charge in [-0.15, -0.1) is 0 Å². The van der Waals surface area contributed by atoms with E-state index >= 15 is 0 Å². The van der Waals surface area contributed by atoms with Crippen LogP contribution in [-0.2, 0) is 14.4 Å². The monoisotopic (exact) mass is 350 g/mol. The average molecular weight is 350 g/mol. The van der Waals surface area contributed by atoms with Gasteiger partial charge < -0.3 is 15.1 Å². The largest absolute Gasteiger partial charge is 0.341 e. The van der Waals surface area contributed by atoms with E-state index < -0.39 is 6.03 Å². The van der Waals surface area contributed by atoms with Crippen LogP contribution < -0.4 is 5.32 Å². The summed E-state index contributed by atoms with van der Waals surface area (Å²) < 4.78 is 0. The molecule has 8 heteroatoms. The summed E-state index contributed by atoms with van der Waals surface area (Å²) in [6.07, 6.45) is 4.17. The lowest BCUT2D eigenvalue weighted by Gasteiger charge is -2.47. The van der Waals surface area contributed by atoms with Crippen molar-refractivity contribution >= 4 is 23.8 Å². The Bertz CT molecular complexity index is 563. The molecule has 25 heavy (non-hydrogen) atoms. The summed E-state index contributed by atoms with van der Waals surface area (Å²) in [5.41, 5.74) is 0. The molecule has 0 bridgehead atoms. The van der Waals surface area contributed by atoms with E-state index in [1.807, 2.05) is 4.90 Å². The van der Waals surface area contributed by atoms with Crippen LogP contribution in [0.15, 0.2) is 0 Å².